The summed E-state index contributed by atoms with van der Waals surface area (Å²) in [4.78, 5) is 39.4. The summed E-state index contributed by atoms with van der Waals surface area (Å²) in [6.45, 7) is 2.27. The highest BCUT2D eigenvalue weighted by Gasteiger charge is 2.31. The zero-order chi connectivity index (χ0) is 28.5. The van der Waals surface area contributed by atoms with E-state index in [0.29, 0.717) is 6.07 Å². The quantitative estimate of drug-likeness (QED) is 0.162. The van der Waals surface area contributed by atoms with E-state index in [2.05, 4.69) is 5.48 Å². The molecule has 0 saturated heterocycles. The molecule has 1 N–H and O–H groups in total. The Labute approximate surface area is 219 Å². The zero-order valence-corrected chi connectivity index (χ0v) is 20.9. The predicted octanol–water partition coefficient (Wildman–Crippen LogP) is 5.02. The van der Waals surface area contributed by atoms with Crippen LogP contribution in [0.25, 0.3) is 5.70 Å². The number of halogens is 4. The third kappa shape index (κ3) is 8.52. The first-order chi connectivity index (χ1) is 17.9. The van der Waals surface area contributed by atoms with Crippen LogP contribution in [0.5, 0.6) is 11.5 Å². The van der Waals surface area contributed by atoms with Crippen molar-refractivity contribution in [3.05, 3.63) is 68.9 Å². The molecule has 11 nitrogen and oxygen atoms in total. The van der Waals surface area contributed by atoms with Gasteiger partial charge in [-0.05, 0) is 44.2 Å². The van der Waals surface area contributed by atoms with E-state index < -0.39 is 47.0 Å². The molecule has 0 aromatic heterocycles. The number of hydroxylamine groups is 1. The number of benzene rings is 2. The van der Waals surface area contributed by atoms with E-state index in [4.69, 9.17) is 35.4 Å². The van der Waals surface area contributed by atoms with Gasteiger partial charge < -0.3 is 18.9 Å². The molecule has 0 fully saturated rings. The number of carbonyl (C=O) groups is 2. The molecule has 0 aliphatic rings. The minimum atomic E-state index is -4.61. The second-order valence-corrected chi connectivity index (χ2v) is 7.63. The fourth-order valence-electron chi connectivity index (χ4n) is 2.81. The van der Waals surface area contributed by atoms with Crippen molar-refractivity contribution in [1.29, 1.82) is 0 Å². The van der Waals surface area contributed by atoms with Crippen LogP contribution in [0.4, 0.5) is 18.9 Å². The first-order valence-electron chi connectivity index (χ1n) is 10.7. The minimum absolute atomic E-state index is 0.0290. The summed E-state index contributed by atoms with van der Waals surface area (Å²) in [5, 5.41) is 11.2. The summed E-state index contributed by atoms with van der Waals surface area (Å²) in [7, 11) is 1.24. The average Bonchev–Trinajstić information content (AvgIpc) is 2.84. The van der Waals surface area contributed by atoms with Crippen LogP contribution in [-0.4, -0.2) is 43.3 Å². The summed E-state index contributed by atoms with van der Waals surface area (Å²) >= 11 is 5.92. The third-order valence-corrected chi connectivity index (χ3v) is 4.77. The van der Waals surface area contributed by atoms with Crippen molar-refractivity contribution in [3.63, 3.8) is 0 Å². The molecule has 1 atom stereocenters. The molecular weight excluding hydrogens is 541 g/mol. The van der Waals surface area contributed by atoms with Gasteiger partial charge in [-0.25, -0.2) is 9.59 Å². The van der Waals surface area contributed by atoms with Gasteiger partial charge in [-0.3, -0.25) is 20.4 Å². The predicted molar refractivity (Wildman–Crippen MR) is 126 cm³/mol. The van der Waals surface area contributed by atoms with Crippen LogP contribution in [0, 0.1) is 10.1 Å². The summed E-state index contributed by atoms with van der Waals surface area (Å²) < 4.78 is 58.7. The molecule has 2 aromatic rings. The number of nitro benzene ring substituents is 1. The van der Waals surface area contributed by atoms with Crippen molar-refractivity contribution in [1.82, 2.24) is 5.48 Å². The molecular formula is C23H22ClF3N2O9. The van der Waals surface area contributed by atoms with Gasteiger partial charge >= 0.3 is 18.1 Å². The van der Waals surface area contributed by atoms with Gasteiger partial charge in [0.1, 0.15) is 23.5 Å². The van der Waals surface area contributed by atoms with Crippen molar-refractivity contribution in [2.24, 2.45) is 0 Å². The van der Waals surface area contributed by atoms with Crippen LogP contribution in [0.2, 0.25) is 5.02 Å². The Kier molecular flexibility index (Phi) is 10.7. The van der Waals surface area contributed by atoms with E-state index in [9.17, 15) is 32.9 Å². The van der Waals surface area contributed by atoms with E-state index in [1.165, 1.54) is 26.2 Å². The highest BCUT2D eigenvalue weighted by Crippen LogP contribution is 2.37. The standard InChI is InChI=1S/C23H22ClF3N2O9/c1-4-35-22(31)13(2)37-21(30)12-36-28-18(11-34-3)16-10-15(6-7-19(16)29(32)33)38-20-8-5-14(9-17(20)24)23(25,26)27/h5-11,13,28H,4,12H2,1-3H3. The molecule has 0 bridgehead atoms. The molecule has 0 aliphatic carbocycles. The maximum absolute atomic E-state index is 12.9. The lowest BCUT2D eigenvalue weighted by molar-refractivity contribution is -0.385. The lowest BCUT2D eigenvalue weighted by Crippen LogP contribution is -2.29. The van der Waals surface area contributed by atoms with E-state index >= 15 is 0 Å². The first-order valence-corrected chi connectivity index (χ1v) is 11.0. The number of esters is 2. The van der Waals surface area contributed by atoms with Crippen LogP contribution in [-0.2, 0) is 34.8 Å². The first kappa shape index (κ1) is 30.2. The Morgan fingerprint density at radius 3 is 2.50 bits per heavy atom. The maximum atomic E-state index is 12.9. The Morgan fingerprint density at radius 2 is 1.92 bits per heavy atom. The molecule has 0 heterocycles. The number of alkyl halides is 3. The molecule has 38 heavy (non-hydrogen) atoms. The number of carbonyl (C=O) groups excluding carboxylic acids is 2. The number of rotatable bonds is 12. The zero-order valence-electron chi connectivity index (χ0n) is 20.2. The summed E-state index contributed by atoms with van der Waals surface area (Å²) in [5.74, 6) is -1.87. The normalized spacial score (nSPS) is 12.3. The molecule has 15 heteroatoms. The van der Waals surface area contributed by atoms with E-state index in [1.54, 1.807) is 6.92 Å². The lowest BCUT2D eigenvalue weighted by atomic mass is 10.1. The molecule has 0 saturated carbocycles. The molecule has 206 valence electrons. The highest BCUT2D eigenvalue weighted by molar-refractivity contribution is 6.32. The monoisotopic (exact) mass is 562 g/mol. The van der Waals surface area contributed by atoms with Crippen LogP contribution in [0.3, 0.4) is 0 Å². The Bertz CT molecular complexity index is 1210. The summed E-state index contributed by atoms with van der Waals surface area (Å²) in [5.41, 5.74) is 0.640. The number of ether oxygens (including phenoxy) is 4. The number of hydrogen-bond donors (Lipinski definition) is 1. The van der Waals surface area contributed by atoms with Gasteiger partial charge in [0.25, 0.3) is 5.69 Å². The number of nitro groups is 1. The average molecular weight is 563 g/mol. The number of hydrogen-bond acceptors (Lipinski definition) is 10. The molecule has 0 spiro atoms. The third-order valence-electron chi connectivity index (χ3n) is 4.48. The minimum Gasteiger partial charge on any atom is -0.502 e. The topological polar surface area (TPSA) is 135 Å². The van der Waals surface area contributed by atoms with Gasteiger partial charge in [0.15, 0.2) is 12.7 Å². The van der Waals surface area contributed by atoms with E-state index in [1.807, 2.05) is 0 Å². The van der Waals surface area contributed by atoms with Crippen LogP contribution < -0.4 is 10.2 Å². The second kappa shape index (κ2) is 13.5. The summed E-state index contributed by atoms with van der Waals surface area (Å²) in [6, 6.07) is 5.90. The Morgan fingerprint density at radius 1 is 1.21 bits per heavy atom. The van der Waals surface area contributed by atoms with Gasteiger partial charge in [-0.15, -0.1) is 0 Å². The van der Waals surface area contributed by atoms with Gasteiger partial charge in [0.2, 0.25) is 0 Å². The van der Waals surface area contributed by atoms with Gasteiger partial charge in [0, 0.05) is 6.07 Å². The molecule has 0 amide bonds. The van der Waals surface area contributed by atoms with Crippen LogP contribution >= 0.6 is 11.6 Å². The lowest BCUT2D eigenvalue weighted by Gasteiger charge is -2.15. The van der Waals surface area contributed by atoms with Crippen LogP contribution in [0.15, 0.2) is 42.7 Å². The Hall–Kier alpha value is -4.04. The fraction of sp³-hybridized carbons (Fsp3) is 0.304. The van der Waals surface area contributed by atoms with Crippen molar-refractivity contribution in [3.8, 4) is 11.5 Å². The smallest absolute Gasteiger partial charge is 0.416 e. The van der Waals surface area contributed by atoms with Crippen molar-refractivity contribution in [2.75, 3.05) is 20.3 Å². The molecule has 0 aliphatic heterocycles. The van der Waals surface area contributed by atoms with Crippen molar-refractivity contribution < 1.29 is 51.5 Å². The second-order valence-electron chi connectivity index (χ2n) is 7.22. The number of nitrogens with zero attached hydrogens (tertiary/aromatic N) is 1. The molecule has 2 aromatic carbocycles. The summed E-state index contributed by atoms with van der Waals surface area (Å²) in [6.07, 6.45) is -4.77. The SMILES string of the molecule is CCOC(=O)C(C)OC(=O)CONC(=COC)c1cc(Oc2ccc(C(F)(F)F)cc2Cl)ccc1[N+](=O)[O-]. The van der Waals surface area contributed by atoms with Gasteiger partial charge in [-0.1, -0.05) is 11.6 Å². The number of nitrogens with one attached hydrogen (secondary N) is 1. The van der Waals surface area contributed by atoms with Crippen LogP contribution in [0.1, 0.15) is 25.0 Å². The molecule has 1 unspecified atom stereocenters. The number of methoxy groups -OCH3 is 1. The van der Waals surface area contributed by atoms with Crippen molar-refractivity contribution >= 4 is 34.9 Å². The molecule has 0 radical (unpaired) electrons. The fourth-order valence-corrected chi connectivity index (χ4v) is 3.03. The van der Waals surface area contributed by atoms with Gasteiger partial charge in [-0.2, -0.15) is 13.2 Å². The van der Waals surface area contributed by atoms with Crippen molar-refractivity contribution in [2.45, 2.75) is 26.1 Å². The largest absolute Gasteiger partial charge is 0.502 e. The van der Waals surface area contributed by atoms with Gasteiger partial charge in [0.05, 0.1) is 34.8 Å². The maximum Gasteiger partial charge on any atom is 0.416 e. The van der Waals surface area contributed by atoms with E-state index in [0.717, 1.165) is 24.5 Å². The molecule has 2 rings (SSSR count). The Balaban J connectivity index is 2.22. The highest BCUT2D eigenvalue weighted by atomic mass is 35.5. The van der Waals surface area contributed by atoms with E-state index in [-0.39, 0.29) is 34.4 Å².